The highest BCUT2D eigenvalue weighted by Gasteiger charge is 2.21. The molecule has 98 valence electrons. The van der Waals surface area contributed by atoms with Gasteiger partial charge in [-0.25, -0.2) is 0 Å². The fraction of sp³-hybridized carbons (Fsp3) is 0.250. The van der Waals surface area contributed by atoms with E-state index in [1.54, 1.807) is 0 Å². The minimum atomic E-state index is 0.479. The summed E-state index contributed by atoms with van der Waals surface area (Å²) in [4.78, 5) is 0. The van der Waals surface area contributed by atoms with Gasteiger partial charge in [0, 0.05) is 20.3 Å². The molecule has 0 amide bonds. The van der Waals surface area contributed by atoms with Crippen LogP contribution in [0.4, 0.5) is 5.69 Å². The molecule has 0 fully saturated rings. The first kappa shape index (κ1) is 13.3. The second-order valence-corrected chi connectivity index (χ2v) is 6.73. The highest BCUT2D eigenvalue weighted by atomic mass is 127. The van der Waals surface area contributed by atoms with Crippen LogP contribution in [0.2, 0.25) is 5.02 Å². The van der Waals surface area contributed by atoms with Crippen LogP contribution in [-0.2, 0) is 12.8 Å². The third kappa shape index (κ3) is 2.90. The maximum atomic E-state index is 6.05. The second-order valence-electron chi connectivity index (χ2n) is 5.13. The van der Waals surface area contributed by atoms with E-state index in [-0.39, 0.29) is 0 Å². The van der Waals surface area contributed by atoms with Gasteiger partial charge < -0.3 is 5.32 Å². The van der Waals surface area contributed by atoms with Crippen LogP contribution in [0.15, 0.2) is 36.4 Å². The molecule has 1 aliphatic carbocycles. The Bertz CT molecular complexity index is 624. The number of hydrogen-bond acceptors (Lipinski definition) is 1. The van der Waals surface area contributed by atoms with E-state index in [9.17, 15) is 0 Å². The molecule has 2 aromatic carbocycles. The third-order valence-corrected chi connectivity index (χ3v) is 5.04. The first-order valence-electron chi connectivity index (χ1n) is 6.42. The molecule has 1 unspecified atom stereocenters. The topological polar surface area (TPSA) is 12.0 Å². The molecule has 0 radical (unpaired) electrons. The zero-order chi connectivity index (χ0) is 13.4. The molecule has 0 spiro atoms. The maximum Gasteiger partial charge on any atom is 0.0408 e. The summed E-state index contributed by atoms with van der Waals surface area (Å²) >= 11 is 8.43. The normalized spacial score (nSPS) is 17.3. The lowest BCUT2D eigenvalue weighted by Crippen LogP contribution is -2.19. The Hall–Kier alpha value is -0.740. The van der Waals surface area contributed by atoms with Crippen LogP contribution in [0.1, 0.15) is 16.7 Å². The molecule has 2 aromatic rings. The van der Waals surface area contributed by atoms with E-state index in [2.05, 4.69) is 65.2 Å². The number of fused-ring (bicyclic) bond motifs is 1. The monoisotopic (exact) mass is 383 g/mol. The fourth-order valence-corrected chi connectivity index (χ4v) is 3.32. The van der Waals surface area contributed by atoms with E-state index >= 15 is 0 Å². The van der Waals surface area contributed by atoms with Crippen molar-refractivity contribution in [3.8, 4) is 0 Å². The van der Waals surface area contributed by atoms with Crippen molar-refractivity contribution in [1.29, 1.82) is 0 Å². The Balaban J connectivity index is 1.75. The van der Waals surface area contributed by atoms with Gasteiger partial charge in [0.2, 0.25) is 0 Å². The average Bonchev–Trinajstić information content (AvgIpc) is 2.75. The number of benzene rings is 2. The molecule has 1 atom stereocenters. The van der Waals surface area contributed by atoms with Crippen LogP contribution in [0.25, 0.3) is 0 Å². The summed E-state index contributed by atoms with van der Waals surface area (Å²) in [7, 11) is 0. The molecule has 0 bridgehead atoms. The van der Waals surface area contributed by atoms with Crippen molar-refractivity contribution < 1.29 is 0 Å². The van der Waals surface area contributed by atoms with Crippen LogP contribution < -0.4 is 5.32 Å². The van der Waals surface area contributed by atoms with Crippen molar-refractivity contribution in [3.05, 3.63) is 61.7 Å². The lowest BCUT2D eigenvalue weighted by Gasteiger charge is -2.14. The summed E-state index contributed by atoms with van der Waals surface area (Å²) in [5, 5.41) is 4.46. The molecular formula is C16H15ClIN. The average molecular weight is 384 g/mol. The Morgan fingerprint density at radius 3 is 2.68 bits per heavy atom. The van der Waals surface area contributed by atoms with Gasteiger partial charge in [-0.3, -0.25) is 0 Å². The van der Waals surface area contributed by atoms with Gasteiger partial charge >= 0.3 is 0 Å². The molecule has 0 saturated heterocycles. The van der Waals surface area contributed by atoms with Crippen LogP contribution in [0, 0.1) is 10.5 Å². The molecule has 0 aliphatic heterocycles. The first-order valence-corrected chi connectivity index (χ1v) is 7.87. The molecule has 3 heteroatoms. The van der Waals surface area contributed by atoms with Gasteiger partial charge in [-0.05, 0) is 83.3 Å². The molecule has 19 heavy (non-hydrogen) atoms. The van der Waals surface area contributed by atoms with Gasteiger partial charge in [-0.15, -0.1) is 0 Å². The number of halogens is 2. The van der Waals surface area contributed by atoms with Gasteiger partial charge in [0.1, 0.15) is 0 Å². The summed E-state index contributed by atoms with van der Waals surface area (Å²) in [5.41, 5.74) is 5.34. The van der Waals surface area contributed by atoms with Crippen LogP contribution in [0.3, 0.4) is 0 Å². The summed E-state index contributed by atoms with van der Waals surface area (Å²) in [6.45, 7) is 2.14. The van der Waals surface area contributed by atoms with E-state index in [0.717, 1.165) is 17.9 Å². The Labute approximate surface area is 132 Å². The summed E-state index contributed by atoms with van der Waals surface area (Å²) < 4.78 is 1.31. The maximum absolute atomic E-state index is 6.05. The highest BCUT2D eigenvalue weighted by Crippen LogP contribution is 2.28. The van der Waals surface area contributed by atoms with Gasteiger partial charge in [-0.2, -0.15) is 0 Å². The number of hydrogen-bond donors (Lipinski definition) is 1. The number of nitrogens with one attached hydrogen (secondary N) is 1. The Kier molecular flexibility index (Phi) is 3.72. The predicted molar refractivity (Wildman–Crippen MR) is 90.2 cm³/mol. The molecule has 0 heterocycles. The SMILES string of the molecule is Cc1ccc(NC2Cc3ccc(Cl)cc3C2)cc1I. The fourth-order valence-electron chi connectivity index (χ4n) is 2.61. The summed E-state index contributed by atoms with van der Waals surface area (Å²) in [6.07, 6.45) is 2.14. The van der Waals surface area contributed by atoms with E-state index < -0.39 is 0 Å². The van der Waals surface area contributed by atoms with Crippen molar-refractivity contribution in [2.75, 3.05) is 5.32 Å². The lowest BCUT2D eigenvalue weighted by molar-refractivity contribution is 0.774. The quantitative estimate of drug-likeness (QED) is 0.732. The molecule has 3 rings (SSSR count). The number of aryl methyl sites for hydroxylation is 1. The molecule has 0 saturated carbocycles. The van der Waals surface area contributed by atoms with Crippen LogP contribution in [0.5, 0.6) is 0 Å². The van der Waals surface area contributed by atoms with E-state index in [1.807, 2.05) is 6.07 Å². The van der Waals surface area contributed by atoms with Crippen LogP contribution in [-0.4, -0.2) is 6.04 Å². The predicted octanol–water partition coefficient (Wildman–Crippen LogP) is 4.83. The Morgan fingerprint density at radius 2 is 1.89 bits per heavy atom. The third-order valence-electron chi connectivity index (χ3n) is 3.64. The second kappa shape index (κ2) is 5.33. The number of anilines is 1. The van der Waals surface area contributed by atoms with E-state index in [1.165, 1.54) is 25.9 Å². The minimum Gasteiger partial charge on any atom is -0.382 e. The van der Waals surface area contributed by atoms with Crippen molar-refractivity contribution in [3.63, 3.8) is 0 Å². The lowest BCUT2D eigenvalue weighted by atomic mass is 10.1. The van der Waals surface area contributed by atoms with Gasteiger partial charge in [0.05, 0.1) is 0 Å². The number of rotatable bonds is 2. The van der Waals surface area contributed by atoms with E-state index in [0.29, 0.717) is 6.04 Å². The van der Waals surface area contributed by atoms with E-state index in [4.69, 9.17) is 11.6 Å². The molecule has 0 aromatic heterocycles. The van der Waals surface area contributed by atoms with Gasteiger partial charge in [0.25, 0.3) is 0 Å². The smallest absolute Gasteiger partial charge is 0.0408 e. The first-order chi connectivity index (χ1) is 9.11. The van der Waals surface area contributed by atoms with Crippen molar-refractivity contribution in [2.45, 2.75) is 25.8 Å². The molecular weight excluding hydrogens is 369 g/mol. The molecule has 1 aliphatic rings. The van der Waals surface area contributed by atoms with Crippen molar-refractivity contribution in [1.82, 2.24) is 0 Å². The molecule has 1 N–H and O–H groups in total. The zero-order valence-electron chi connectivity index (χ0n) is 10.7. The summed E-state index contributed by atoms with van der Waals surface area (Å²) in [6, 6.07) is 13.3. The van der Waals surface area contributed by atoms with Gasteiger partial charge in [0.15, 0.2) is 0 Å². The van der Waals surface area contributed by atoms with Crippen molar-refractivity contribution >= 4 is 39.9 Å². The summed E-state index contributed by atoms with van der Waals surface area (Å²) in [5.74, 6) is 0. The molecule has 1 nitrogen and oxygen atoms in total. The standard InChI is InChI=1S/C16H15ClIN/c1-10-2-5-14(9-16(10)18)19-15-7-11-3-4-13(17)6-12(11)8-15/h2-6,9,15,19H,7-8H2,1H3. The van der Waals surface area contributed by atoms with Crippen molar-refractivity contribution in [2.24, 2.45) is 0 Å². The van der Waals surface area contributed by atoms with Gasteiger partial charge in [-0.1, -0.05) is 23.7 Å². The largest absolute Gasteiger partial charge is 0.382 e. The minimum absolute atomic E-state index is 0.479. The zero-order valence-corrected chi connectivity index (χ0v) is 13.6. The Morgan fingerprint density at radius 1 is 1.11 bits per heavy atom. The van der Waals surface area contributed by atoms with Crippen LogP contribution >= 0.6 is 34.2 Å². The highest BCUT2D eigenvalue weighted by molar-refractivity contribution is 14.1.